The van der Waals surface area contributed by atoms with Crippen LogP contribution < -0.4 is 5.32 Å². The first kappa shape index (κ1) is 19.1. The van der Waals surface area contributed by atoms with Gasteiger partial charge < -0.3 is 14.7 Å². The van der Waals surface area contributed by atoms with E-state index in [0.717, 1.165) is 22.4 Å². The molecule has 0 saturated carbocycles. The molecule has 3 aromatic rings. The minimum absolute atomic E-state index is 0.173. The highest BCUT2D eigenvalue weighted by atomic mass is 32.1. The van der Waals surface area contributed by atoms with Crippen LogP contribution in [0.15, 0.2) is 77.5 Å². The van der Waals surface area contributed by atoms with Gasteiger partial charge in [-0.3, -0.25) is 0 Å². The molecule has 1 atom stereocenters. The van der Waals surface area contributed by atoms with Crippen LogP contribution in [0.25, 0.3) is 17.0 Å². The number of rotatable bonds is 5. The molecule has 0 aliphatic carbocycles. The van der Waals surface area contributed by atoms with E-state index >= 15 is 0 Å². The second-order valence-electron chi connectivity index (χ2n) is 6.98. The van der Waals surface area contributed by atoms with Crippen molar-refractivity contribution in [3.63, 3.8) is 0 Å². The summed E-state index contributed by atoms with van der Waals surface area (Å²) in [6.07, 6.45) is 1.82. The van der Waals surface area contributed by atoms with E-state index in [2.05, 4.69) is 48.2 Å². The Hall–Kier alpha value is -3.25. The van der Waals surface area contributed by atoms with E-state index in [4.69, 9.17) is 21.7 Å². The van der Waals surface area contributed by atoms with Gasteiger partial charge in [0.25, 0.3) is 5.89 Å². The number of nitrogens with one attached hydrogen (secondary N) is 1. The van der Waals surface area contributed by atoms with Gasteiger partial charge in [-0.2, -0.15) is 4.98 Å². The number of allylic oxidation sites excluding steroid dienone is 1. The van der Waals surface area contributed by atoms with Crippen molar-refractivity contribution >= 4 is 22.9 Å². The zero-order valence-electron chi connectivity index (χ0n) is 16.4. The van der Waals surface area contributed by atoms with Crippen molar-refractivity contribution in [2.24, 2.45) is 0 Å². The van der Waals surface area contributed by atoms with Gasteiger partial charge in [-0.05, 0) is 31.6 Å². The van der Waals surface area contributed by atoms with Crippen molar-refractivity contribution in [2.45, 2.75) is 19.9 Å². The monoisotopic (exact) mass is 402 g/mol. The highest BCUT2D eigenvalue weighted by Crippen LogP contribution is 2.37. The second-order valence-corrected chi connectivity index (χ2v) is 7.37. The maximum Gasteiger partial charge on any atom is 0.258 e. The van der Waals surface area contributed by atoms with Crippen LogP contribution in [0.5, 0.6) is 0 Å². The van der Waals surface area contributed by atoms with Crippen molar-refractivity contribution < 1.29 is 4.52 Å². The molecule has 1 aliphatic heterocycles. The molecule has 2 heterocycles. The zero-order valence-corrected chi connectivity index (χ0v) is 17.2. The van der Waals surface area contributed by atoms with Crippen molar-refractivity contribution in [2.75, 3.05) is 6.54 Å². The molecule has 0 amide bonds. The Morgan fingerprint density at radius 2 is 1.86 bits per heavy atom. The third-order valence-electron chi connectivity index (χ3n) is 5.01. The first-order chi connectivity index (χ1) is 14.1. The van der Waals surface area contributed by atoms with Gasteiger partial charge in [0, 0.05) is 17.8 Å². The van der Waals surface area contributed by atoms with E-state index in [9.17, 15) is 0 Å². The first-order valence-corrected chi connectivity index (χ1v) is 9.85. The summed E-state index contributed by atoms with van der Waals surface area (Å²) >= 11 is 5.62. The summed E-state index contributed by atoms with van der Waals surface area (Å²) in [5.41, 5.74) is 5.09. The number of hydrogen-bond acceptors (Lipinski definition) is 4. The second kappa shape index (κ2) is 8.01. The van der Waals surface area contributed by atoms with Gasteiger partial charge in [0.15, 0.2) is 5.11 Å². The lowest BCUT2D eigenvalue weighted by Gasteiger charge is -2.36. The highest BCUT2D eigenvalue weighted by Gasteiger charge is 2.33. The van der Waals surface area contributed by atoms with Gasteiger partial charge in [-0.15, -0.1) is 6.58 Å². The standard InChI is InChI=1S/C23H22N4OS/c1-4-14-27-16(3)19(20(24-23(27)29)17-12-10-15(2)11-13-17)22-25-21(26-28-22)18-8-6-5-7-9-18/h4-13,20H,1,14H2,2-3H3,(H,24,29). The minimum atomic E-state index is -0.173. The lowest BCUT2D eigenvalue weighted by Crippen LogP contribution is -2.45. The molecule has 2 aromatic carbocycles. The molecule has 29 heavy (non-hydrogen) atoms. The molecule has 1 unspecified atom stereocenters. The number of aromatic nitrogens is 2. The van der Waals surface area contributed by atoms with Crippen LogP contribution in [0.2, 0.25) is 0 Å². The molecule has 5 nitrogen and oxygen atoms in total. The smallest absolute Gasteiger partial charge is 0.258 e. The van der Waals surface area contributed by atoms with Gasteiger partial charge in [0.05, 0.1) is 11.6 Å². The summed E-state index contributed by atoms with van der Waals surface area (Å²) in [6.45, 7) is 8.55. The van der Waals surface area contributed by atoms with E-state index in [1.54, 1.807) is 0 Å². The Morgan fingerprint density at radius 3 is 2.55 bits per heavy atom. The number of nitrogens with zero attached hydrogens (tertiary/aromatic N) is 3. The molecule has 0 saturated heterocycles. The molecular formula is C23H22N4OS. The lowest BCUT2D eigenvalue weighted by molar-refractivity contribution is 0.399. The third-order valence-corrected chi connectivity index (χ3v) is 5.35. The largest absolute Gasteiger partial charge is 0.351 e. The Labute approximate surface area is 175 Å². The van der Waals surface area contributed by atoms with Crippen LogP contribution in [0, 0.1) is 6.92 Å². The van der Waals surface area contributed by atoms with Crippen LogP contribution in [-0.4, -0.2) is 26.7 Å². The Morgan fingerprint density at radius 1 is 1.14 bits per heavy atom. The van der Waals surface area contributed by atoms with Crippen molar-refractivity contribution in [3.05, 3.63) is 90.0 Å². The Balaban J connectivity index is 1.82. The van der Waals surface area contributed by atoms with Crippen molar-refractivity contribution in [3.8, 4) is 11.4 Å². The lowest BCUT2D eigenvalue weighted by atomic mass is 9.94. The number of aryl methyl sites for hydroxylation is 1. The van der Waals surface area contributed by atoms with Gasteiger partial charge >= 0.3 is 0 Å². The molecule has 1 aliphatic rings. The molecule has 146 valence electrons. The van der Waals surface area contributed by atoms with Crippen LogP contribution in [-0.2, 0) is 0 Å². The van der Waals surface area contributed by atoms with Crippen LogP contribution in [0.4, 0.5) is 0 Å². The fourth-order valence-corrected chi connectivity index (χ4v) is 3.78. The summed E-state index contributed by atoms with van der Waals surface area (Å²) in [7, 11) is 0. The van der Waals surface area contributed by atoms with Gasteiger partial charge in [-0.1, -0.05) is 71.4 Å². The molecule has 6 heteroatoms. The Kier molecular flexibility index (Phi) is 5.27. The molecule has 1 N–H and O–H groups in total. The summed E-state index contributed by atoms with van der Waals surface area (Å²) in [5.74, 6) is 1.04. The van der Waals surface area contributed by atoms with Gasteiger partial charge in [-0.25, -0.2) is 0 Å². The van der Waals surface area contributed by atoms with Crippen molar-refractivity contribution in [1.29, 1.82) is 0 Å². The average molecular weight is 403 g/mol. The molecular weight excluding hydrogens is 380 g/mol. The molecule has 0 radical (unpaired) electrons. The van der Waals surface area contributed by atoms with E-state index in [-0.39, 0.29) is 6.04 Å². The van der Waals surface area contributed by atoms with E-state index < -0.39 is 0 Å². The predicted molar refractivity (Wildman–Crippen MR) is 119 cm³/mol. The molecule has 4 rings (SSSR count). The summed E-state index contributed by atoms with van der Waals surface area (Å²) < 4.78 is 5.71. The average Bonchev–Trinajstić information content (AvgIpc) is 3.22. The van der Waals surface area contributed by atoms with Crippen LogP contribution in [0.1, 0.15) is 30.0 Å². The topological polar surface area (TPSA) is 54.2 Å². The first-order valence-electron chi connectivity index (χ1n) is 9.44. The maximum atomic E-state index is 5.71. The zero-order chi connectivity index (χ0) is 20.4. The minimum Gasteiger partial charge on any atom is -0.351 e. The van der Waals surface area contributed by atoms with Crippen molar-refractivity contribution in [1.82, 2.24) is 20.4 Å². The molecule has 0 fully saturated rings. The number of thiocarbonyl (C=S) groups is 1. The fraction of sp³-hybridized carbons (Fsp3) is 0.174. The van der Waals surface area contributed by atoms with E-state index in [1.165, 1.54) is 5.56 Å². The molecule has 0 spiro atoms. The Bertz CT molecular complexity index is 1070. The van der Waals surface area contributed by atoms with Crippen LogP contribution >= 0.6 is 12.2 Å². The maximum absolute atomic E-state index is 5.71. The summed E-state index contributed by atoms with van der Waals surface area (Å²) in [4.78, 5) is 6.69. The van der Waals surface area contributed by atoms with Gasteiger partial charge in [0.2, 0.25) is 5.82 Å². The number of hydrogen-bond donors (Lipinski definition) is 1. The molecule has 0 bridgehead atoms. The highest BCUT2D eigenvalue weighted by molar-refractivity contribution is 7.80. The number of benzene rings is 2. The molecule has 1 aromatic heterocycles. The fourth-order valence-electron chi connectivity index (χ4n) is 3.45. The predicted octanol–water partition coefficient (Wildman–Crippen LogP) is 4.89. The SMILES string of the molecule is C=CCN1C(=S)NC(c2ccc(C)cc2)C(c2nc(-c3ccccc3)no2)=C1C. The van der Waals surface area contributed by atoms with E-state index in [1.807, 2.05) is 48.2 Å². The van der Waals surface area contributed by atoms with E-state index in [0.29, 0.717) is 23.4 Å². The summed E-state index contributed by atoms with van der Waals surface area (Å²) in [5, 5.41) is 8.30. The van der Waals surface area contributed by atoms with Crippen LogP contribution in [0.3, 0.4) is 0 Å². The third kappa shape index (κ3) is 3.71. The normalized spacial score (nSPS) is 16.7. The van der Waals surface area contributed by atoms with Gasteiger partial charge in [0.1, 0.15) is 0 Å². The quantitative estimate of drug-likeness (QED) is 0.484. The summed E-state index contributed by atoms with van der Waals surface area (Å²) in [6, 6.07) is 18.0.